The molecule has 0 bridgehead atoms. The fourth-order valence-corrected chi connectivity index (χ4v) is 4.12. The standard InChI is InChI=1S/C19H28N2O/c1-19(2)13-21(18-6-4-3-5-17(18)20-19)14-7-9-15(10-8-14)22-16-11-12-16/h7-10,16-18,20H,3-6,11-13H2,1-2H3/t17-,18+/m0/s1. The third-order valence-corrected chi connectivity index (χ3v) is 5.27. The normalized spacial score (nSPS) is 30.7. The van der Waals surface area contributed by atoms with Crippen LogP contribution in [0.25, 0.3) is 0 Å². The highest BCUT2D eigenvalue weighted by Gasteiger charge is 2.40. The molecule has 0 aromatic heterocycles. The number of anilines is 1. The average molecular weight is 300 g/mol. The van der Waals surface area contributed by atoms with Gasteiger partial charge >= 0.3 is 0 Å². The van der Waals surface area contributed by atoms with Gasteiger partial charge in [0.25, 0.3) is 0 Å². The lowest BCUT2D eigenvalue weighted by Gasteiger charge is -2.52. The quantitative estimate of drug-likeness (QED) is 0.920. The molecule has 1 aromatic rings. The zero-order chi connectivity index (χ0) is 15.2. The second-order valence-electron chi connectivity index (χ2n) is 7.93. The topological polar surface area (TPSA) is 24.5 Å². The van der Waals surface area contributed by atoms with Gasteiger partial charge in [0.2, 0.25) is 0 Å². The lowest BCUT2D eigenvalue weighted by Crippen LogP contribution is -2.67. The first-order valence-electron chi connectivity index (χ1n) is 8.92. The van der Waals surface area contributed by atoms with Crippen LogP contribution in [0, 0.1) is 0 Å². The van der Waals surface area contributed by atoms with Crippen molar-refractivity contribution in [1.82, 2.24) is 5.32 Å². The molecule has 3 nitrogen and oxygen atoms in total. The van der Waals surface area contributed by atoms with Crippen molar-refractivity contribution >= 4 is 5.69 Å². The van der Waals surface area contributed by atoms with E-state index in [2.05, 4.69) is 48.3 Å². The highest BCUT2D eigenvalue weighted by molar-refractivity contribution is 5.51. The zero-order valence-corrected chi connectivity index (χ0v) is 13.8. The van der Waals surface area contributed by atoms with E-state index in [9.17, 15) is 0 Å². The summed E-state index contributed by atoms with van der Waals surface area (Å²) in [4.78, 5) is 2.64. The van der Waals surface area contributed by atoms with Gasteiger partial charge in [-0.05, 0) is 63.8 Å². The molecule has 2 atom stereocenters. The number of rotatable bonds is 3. The number of hydrogen-bond donors (Lipinski definition) is 1. The van der Waals surface area contributed by atoms with Gasteiger partial charge in [-0.25, -0.2) is 0 Å². The Hall–Kier alpha value is -1.22. The number of fused-ring (bicyclic) bond motifs is 1. The maximum Gasteiger partial charge on any atom is 0.119 e. The van der Waals surface area contributed by atoms with Crippen molar-refractivity contribution in [2.45, 2.75) is 76.1 Å². The van der Waals surface area contributed by atoms with Crippen molar-refractivity contribution in [3.8, 4) is 5.75 Å². The molecule has 1 heterocycles. The van der Waals surface area contributed by atoms with Crippen molar-refractivity contribution in [3.63, 3.8) is 0 Å². The van der Waals surface area contributed by atoms with Crippen LogP contribution >= 0.6 is 0 Å². The van der Waals surface area contributed by atoms with Gasteiger partial charge in [-0.2, -0.15) is 0 Å². The Morgan fingerprint density at radius 3 is 2.50 bits per heavy atom. The fourth-order valence-electron chi connectivity index (χ4n) is 4.12. The van der Waals surface area contributed by atoms with Gasteiger partial charge in [0.15, 0.2) is 0 Å². The molecule has 0 radical (unpaired) electrons. The van der Waals surface area contributed by atoms with Gasteiger partial charge in [0, 0.05) is 29.9 Å². The minimum Gasteiger partial charge on any atom is -0.490 e. The van der Waals surface area contributed by atoms with Crippen LogP contribution in [0.5, 0.6) is 5.75 Å². The van der Waals surface area contributed by atoms with Gasteiger partial charge < -0.3 is 15.0 Å². The predicted octanol–water partition coefficient (Wildman–Crippen LogP) is 3.73. The molecule has 2 saturated carbocycles. The van der Waals surface area contributed by atoms with Crippen LogP contribution in [0.1, 0.15) is 52.4 Å². The highest BCUT2D eigenvalue weighted by atomic mass is 16.5. The Kier molecular flexibility index (Phi) is 3.56. The molecule has 22 heavy (non-hydrogen) atoms. The van der Waals surface area contributed by atoms with E-state index >= 15 is 0 Å². The van der Waals surface area contributed by atoms with E-state index in [1.54, 1.807) is 0 Å². The molecule has 0 unspecified atom stereocenters. The first kappa shape index (κ1) is 14.4. The first-order valence-corrected chi connectivity index (χ1v) is 8.92. The maximum atomic E-state index is 5.88. The van der Waals surface area contributed by atoms with Crippen molar-refractivity contribution < 1.29 is 4.74 Å². The smallest absolute Gasteiger partial charge is 0.119 e. The highest BCUT2D eigenvalue weighted by Crippen LogP contribution is 2.35. The van der Waals surface area contributed by atoms with Gasteiger partial charge in [-0.1, -0.05) is 12.8 Å². The molecule has 4 rings (SSSR count). The van der Waals surface area contributed by atoms with E-state index in [0.29, 0.717) is 18.2 Å². The minimum atomic E-state index is 0.182. The summed E-state index contributed by atoms with van der Waals surface area (Å²) in [6.45, 7) is 5.74. The molecular formula is C19H28N2O. The van der Waals surface area contributed by atoms with Gasteiger partial charge in [-0.3, -0.25) is 0 Å². The summed E-state index contributed by atoms with van der Waals surface area (Å²) in [6, 6.07) is 10.1. The SMILES string of the molecule is CC1(C)CN(c2ccc(OC3CC3)cc2)[C@@H]2CCCC[C@@H]2N1. The Bertz CT molecular complexity index is 521. The van der Waals surface area contributed by atoms with E-state index < -0.39 is 0 Å². The number of piperazine rings is 1. The Morgan fingerprint density at radius 1 is 1.05 bits per heavy atom. The largest absolute Gasteiger partial charge is 0.490 e. The van der Waals surface area contributed by atoms with Gasteiger partial charge in [-0.15, -0.1) is 0 Å². The molecule has 0 amide bonds. The lowest BCUT2D eigenvalue weighted by atomic mass is 9.83. The Morgan fingerprint density at radius 2 is 1.77 bits per heavy atom. The molecule has 1 saturated heterocycles. The van der Waals surface area contributed by atoms with Crippen LogP contribution in [0.4, 0.5) is 5.69 Å². The van der Waals surface area contributed by atoms with Crippen LogP contribution in [-0.2, 0) is 0 Å². The molecule has 3 heteroatoms. The van der Waals surface area contributed by atoms with Crippen LogP contribution in [-0.4, -0.2) is 30.3 Å². The monoisotopic (exact) mass is 300 g/mol. The maximum absolute atomic E-state index is 5.88. The molecular weight excluding hydrogens is 272 g/mol. The summed E-state index contributed by atoms with van der Waals surface area (Å²) in [5.74, 6) is 1.03. The fraction of sp³-hybridized carbons (Fsp3) is 0.684. The van der Waals surface area contributed by atoms with Gasteiger partial charge in [0.1, 0.15) is 5.75 Å². The van der Waals surface area contributed by atoms with E-state index in [0.717, 1.165) is 12.3 Å². The Balaban J connectivity index is 1.55. The number of hydrogen-bond acceptors (Lipinski definition) is 3. The summed E-state index contributed by atoms with van der Waals surface area (Å²) in [5, 5.41) is 3.87. The predicted molar refractivity (Wildman–Crippen MR) is 90.7 cm³/mol. The number of nitrogens with zero attached hydrogens (tertiary/aromatic N) is 1. The number of nitrogens with one attached hydrogen (secondary N) is 1. The first-order chi connectivity index (χ1) is 10.6. The molecule has 120 valence electrons. The lowest BCUT2D eigenvalue weighted by molar-refractivity contribution is 0.199. The molecule has 0 spiro atoms. The molecule has 3 fully saturated rings. The van der Waals surface area contributed by atoms with E-state index in [1.165, 1.54) is 44.2 Å². The van der Waals surface area contributed by atoms with Crippen LogP contribution in [0.2, 0.25) is 0 Å². The second-order valence-corrected chi connectivity index (χ2v) is 7.93. The minimum absolute atomic E-state index is 0.182. The summed E-state index contributed by atoms with van der Waals surface area (Å²) >= 11 is 0. The Labute approximate surface area is 134 Å². The van der Waals surface area contributed by atoms with E-state index in [-0.39, 0.29) is 5.54 Å². The van der Waals surface area contributed by atoms with Crippen LogP contribution in [0.3, 0.4) is 0 Å². The van der Waals surface area contributed by atoms with E-state index in [4.69, 9.17) is 4.74 Å². The van der Waals surface area contributed by atoms with Crippen molar-refractivity contribution in [1.29, 1.82) is 0 Å². The van der Waals surface area contributed by atoms with Crippen LogP contribution < -0.4 is 15.0 Å². The van der Waals surface area contributed by atoms with E-state index in [1.807, 2.05) is 0 Å². The summed E-state index contributed by atoms with van der Waals surface area (Å²) in [6.07, 6.45) is 8.28. The summed E-state index contributed by atoms with van der Waals surface area (Å²) in [7, 11) is 0. The average Bonchev–Trinajstić information content (AvgIpc) is 3.30. The summed E-state index contributed by atoms with van der Waals surface area (Å²) in [5.41, 5.74) is 1.54. The van der Waals surface area contributed by atoms with Gasteiger partial charge in [0.05, 0.1) is 6.10 Å². The molecule has 1 aromatic carbocycles. The second kappa shape index (κ2) is 5.45. The number of ether oxygens (including phenoxy) is 1. The van der Waals surface area contributed by atoms with Crippen molar-refractivity contribution in [2.75, 3.05) is 11.4 Å². The third-order valence-electron chi connectivity index (χ3n) is 5.27. The molecule has 3 aliphatic rings. The van der Waals surface area contributed by atoms with Crippen LogP contribution in [0.15, 0.2) is 24.3 Å². The molecule has 2 aliphatic carbocycles. The zero-order valence-electron chi connectivity index (χ0n) is 13.8. The third kappa shape index (κ3) is 2.96. The molecule has 1 aliphatic heterocycles. The summed E-state index contributed by atoms with van der Waals surface area (Å²) < 4.78 is 5.88. The van der Waals surface area contributed by atoms with Crippen molar-refractivity contribution in [3.05, 3.63) is 24.3 Å². The van der Waals surface area contributed by atoms with Crippen molar-refractivity contribution in [2.24, 2.45) is 0 Å². The molecule has 1 N–H and O–H groups in total. The number of benzene rings is 1.